The van der Waals surface area contributed by atoms with Gasteiger partial charge >= 0.3 is 0 Å². The Labute approximate surface area is 188 Å². The summed E-state index contributed by atoms with van der Waals surface area (Å²) < 4.78 is 0. The van der Waals surface area contributed by atoms with Crippen molar-refractivity contribution in [3.05, 3.63) is 101 Å². The monoisotopic (exact) mass is 428 g/mol. The van der Waals surface area contributed by atoms with Gasteiger partial charge in [-0.25, -0.2) is 0 Å². The van der Waals surface area contributed by atoms with E-state index in [9.17, 15) is 9.59 Å². The highest BCUT2D eigenvalue weighted by atomic mass is 16.2. The van der Waals surface area contributed by atoms with Crippen molar-refractivity contribution in [3.63, 3.8) is 0 Å². The first-order chi connectivity index (χ1) is 15.6. The van der Waals surface area contributed by atoms with E-state index >= 15 is 0 Å². The topological polar surface area (TPSA) is 78.7 Å². The van der Waals surface area contributed by atoms with Crippen LogP contribution in [0.3, 0.4) is 0 Å². The minimum Gasteiger partial charge on any atom is -0.366 e. The van der Waals surface area contributed by atoms with Crippen LogP contribution in [0, 0.1) is 0 Å². The molecule has 1 aliphatic heterocycles. The summed E-state index contributed by atoms with van der Waals surface area (Å²) in [6.07, 6.45) is 0. The van der Waals surface area contributed by atoms with Crippen LogP contribution >= 0.6 is 0 Å². The number of piperazine rings is 1. The molecule has 1 heterocycles. The molecule has 4 rings (SSSR count). The van der Waals surface area contributed by atoms with Crippen LogP contribution in [0.15, 0.2) is 78.9 Å². The van der Waals surface area contributed by atoms with Gasteiger partial charge in [0.1, 0.15) is 0 Å². The minimum absolute atomic E-state index is 0.219. The van der Waals surface area contributed by atoms with Gasteiger partial charge in [-0.1, -0.05) is 42.5 Å². The van der Waals surface area contributed by atoms with Crippen LogP contribution < -0.4 is 11.1 Å². The molecule has 32 heavy (non-hydrogen) atoms. The van der Waals surface area contributed by atoms with Crippen molar-refractivity contribution in [2.45, 2.75) is 13.1 Å². The molecule has 0 aromatic heterocycles. The number of hydrogen-bond donors (Lipinski definition) is 2. The lowest BCUT2D eigenvalue weighted by Crippen LogP contribution is -2.45. The molecular weight excluding hydrogens is 400 g/mol. The van der Waals surface area contributed by atoms with E-state index in [0.29, 0.717) is 11.1 Å². The molecule has 3 aromatic rings. The van der Waals surface area contributed by atoms with E-state index in [4.69, 9.17) is 5.73 Å². The highest BCUT2D eigenvalue weighted by molar-refractivity contribution is 6.05. The number of carbonyl (C=O) groups is 2. The van der Waals surface area contributed by atoms with Gasteiger partial charge in [-0.15, -0.1) is 0 Å². The number of carbonyl (C=O) groups excluding carboxylic acids is 2. The molecule has 2 amide bonds. The molecule has 1 aliphatic rings. The van der Waals surface area contributed by atoms with Gasteiger partial charge in [-0.2, -0.15) is 0 Å². The van der Waals surface area contributed by atoms with Gasteiger partial charge in [-0.3, -0.25) is 19.4 Å². The zero-order chi connectivity index (χ0) is 22.3. The summed E-state index contributed by atoms with van der Waals surface area (Å²) in [6.45, 7) is 6.14. The Morgan fingerprint density at radius 3 is 1.72 bits per heavy atom. The predicted octanol–water partition coefficient (Wildman–Crippen LogP) is 3.36. The van der Waals surface area contributed by atoms with Gasteiger partial charge in [-0.05, 0) is 47.5 Å². The van der Waals surface area contributed by atoms with Crippen molar-refractivity contribution in [1.82, 2.24) is 9.80 Å². The van der Waals surface area contributed by atoms with E-state index < -0.39 is 5.91 Å². The number of hydrogen-bond acceptors (Lipinski definition) is 4. The average molecular weight is 429 g/mol. The molecule has 1 saturated heterocycles. The second kappa shape index (κ2) is 10.2. The second-order valence-corrected chi connectivity index (χ2v) is 8.13. The predicted molar refractivity (Wildman–Crippen MR) is 126 cm³/mol. The molecule has 0 aliphatic carbocycles. The molecule has 0 spiro atoms. The van der Waals surface area contributed by atoms with Gasteiger partial charge in [0, 0.05) is 56.1 Å². The summed E-state index contributed by atoms with van der Waals surface area (Å²) in [6, 6.07) is 24.9. The third kappa shape index (κ3) is 5.81. The van der Waals surface area contributed by atoms with Crippen LogP contribution in [-0.2, 0) is 13.1 Å². The Kier molecular flexibility index (Phi) is 6.94. The summed E-state index contributed by atoms with van der Waals surface area (Å²) in [7, 11) is 0. The smallest absolute Gasteiger partial charge is 0.255 e. The number of nitrogens with zero attached hydrogens (tertiary/aromatic N) is 2. The Morgan fingerprint density at radius 2 is 1.19 bits per heavy atom. The number of amides is 2. The number of nitrogens with one attached hydrogen (secondary N) is 1. The summed E-state index contributed by atoms with van der Waals surface area (Å²) >= 11 is 0. The van der Waals surface area contributed by atoms with Gasteiger partial charge in [0.15, 0.2) is 0 Å². The number of primary amides is 1. The van der Waals surface area contributed by atoms with Crippen molar-refractivity contribution < 1.29 is 9.59 Å². The molecule has 6 heteroatoms. The fraction of sp³-hybridized carbons (Fsp3) is 0.231. The van der Waals surface area contributed by atoms with E-state index in [2.05, 4.69) is 57.6 Å². The van der Waals surface area contributed by atoms with E-state index in [1.165, 1.54) is 11.1 Å². The van der Waals surface area contributed by atoms with E-state index in [1.807, 2.05) is 12.1 Å². The van der Waals surface area contributed by atoms with Crippen LogP contribution in [0.1, 0.15) is 31.8 Å². The molecule has 3 N–H and O–H groups in total. The molecule has 6 nitrogen and oxygen atoms in total. The number of rotatable bonds is 7. The third-order valence-electron chi connectivity index (χ3n) is 5.76. The summed E-state index contributed by atoms with van der Waals surface area (Å²) in [5.74, 6) is -0.728. The van der Waals surface area contributed by atoms with Crippen LogP contribution in [-0.4, -0.2) is 47.8 Å². The Hall–Kier alpha value is -3.48. The van der Waals surface area contributed by atoms with Gasteiger partial charge in [0.2, 0.25) is 5.91 Å². The lowest BCUT2D eigenvalue weighted by Gasteiger charge is -2.34. The molecule has 0 saturated carbocycles. The van der Waals surface area contributed by atoms with Crippen LogP contribution in [0.25, 0.3) is 0 Å². The van der Waals surface area contributed by atoms with E-state index in [-0.39, 0.29) is 5.91 Å². The fourth-order valence-corrected chi connectivity index (χ4v) is 3.89. The van der Waals surface area contributed by atoms with Crippen molar-refractivity contribution in [2.24, 2.45) is 5.73 Å². The van der Waals surface area contributed by atoms with Gasteiger partial charge < -0.3 is 11.1 Å². The Bertz CT molecular complexity index is 1040. The maximum atomic E-state index is 12.4. The fourth-order valence-electron chi connectivity index (χ4n) is 3.89. The zero-order valence-electron chi connectivity index (χ0n) is 18.0. The molecule has 0 atom stereocenters. The average Bonchev–Trinajstić information content (AvgIpc) is 2.82. The van der Waals surface area contributed by atoms with Gasteiger partial charge in [0.05, 0.1) is 0 Å². The summed E-state index contributed by atoms with van der Waals surface area (Å²) in [5.41, 5.74) is 9.43. The molecule has 0 bridgehead atoms. The summed E-state index contributed by atoms with van der Waals surface area (Å²) in [4.78, 5) is 28.5. The number of benzene rings is 3. The highest BCUT2D eigenvalue weighted by Gasteiger charge is 2.17. The quantitative estimate of drug-likeness (QED) is 0.605. The first-order valence-electron chi connectivity index (χ1n) is 10.9. The lowest BCUT2D eigenvalue weighted by atomic mass is 10.1. The standard InChI is InChI=1S/C26H28N4O2/c27-25(31)22-8-10-23(11-9-22)26(32)28-24-12-6-21(7-13-24)19-30-16-14-29(15-17-30)18-20-4-2-1-3-5-20/h1-13H,14-19H2,(H2,27,31)(H,28,32). The number of nitrogens with two attached hydrogens (primary N) is 1. The lowest BCUT2D eigenvalue weighted by molar-refractivity contribution is 0.0995. The third-order valence-corrected chi connectivity index (χ3v) is 5.76. The molecule has 3 aromatic carbocycles. The second-order valence-electron chi connectivity index (χ2n) is 8.13. The number of anilines is 1. The molecule has 0 unspecified atom stereocenters. The van der Waals surface area contributed by atoms with Crippen LogP contribution in [0.5, 0.6) is 0 Å². The molecule has 0 radical (unpaired) electrons. The molecule has 1 fully saturated rings. The maximum Gasteiger partial charge on any atom is 0.255 e. The minimum atomic E-state index is -0.509. The first-order valence-corrected chi connectivity index (χ1v) is 10.9. The zero-order valence-corrected chi connectivity index (χ0v) is 18.0. The molecule has 164 valence electrons. The van der Waals surface area contributed by atoms with Crippen molar-refractivity contribution >= 4 is 17.5 Å². The summed E-state index contributed by atoms with van der Waals surface area (Å²) in [5, 5.41) is 2.89. The Morgan fingerprint density at radius 1 is 0.688 bits per heavy atom. The van der Waals surface area contributed by atoms with E-state index in [0.717, 1.165) is 45.0 Å². The maximum absolute atomic E-state index is 12.4. The van der Waals surface area contributed by atoms with Crippen molar-refractivity contribution in [1.29, 1.82) is 0 Å². The normalized spacial score (nSPS) is 14.8. The SMILES string of the molecule is NC(=O)c1ccc(C(=O)Nc2ccc(CN3CCN(Cc4ccccc4)CC3)cc2)cc1. The van der Waals surface area contributed by atoms with Crippen molar-refractivity contribution in [3.8, 4) is 0 Å². The Balaban J connectivity index is 1.25. The van der Waals surface area contributed by atoms with E-state index in [1.54, 1.807) is 24.3 Å². The highest BCUT2D eigenvalue weighted by Crippen LogP contribution is 2.15. The van der Waals surface area contributed by atoms with Crippen LogP contribution in [0.2, 0.25) is 0 Å². The largest absolute Gasteiger partial charge is 0.366 e. The van der Waals surface area contributed by atoms with Crippen molar-refractivity contribution in [2.75, 3.05) is 31.5 Å². The first kappa shape index (κ1) is 21.7. The van der Waals surface area contributed by atoms with Gasteiger partial charge in [0.25, 0.3) is 5.91 Å². The van der Waals surface area contributed by atoms with Crippen LogP contribution in [0.4, 0.5) is 5.69 Å². The molecular formula is C26H28N4O2.